The van der Waals surface area contributed by atoms with Gasteiger partial charge in [-0.1, -0.05) is 0 Å². The summed E-state index contributed by atoms with van der Waals surface area (Å²) in [4.78, 5) is 0. The molecule has 0 aromatic rings. The maximum Gasteiger partial charge on any atom is 0.129 e. The maximum absolute atomic E-state index is 4.53. The zero-order chi connectivity index (χ0) is 12.6. The Hall–Kier alpha value is 1.19. The van der Waals surface area contributed by atoms with Crippen LogP contribution in [0, 0.1) is 0 Å². The minimum atomic E-state index is -0.839. The van der Waals surface area contributed by atoms with E-state index in [4.69, 9.17) is 0 Å². The van der Waals surface area contributed by atoms with Gasteiger partial charge in [0.15, 0.2) is 0 Å². The molecule has 0 aromatic heterocycles. The molecule has 0 spiro atoms. The van der Waals surface area contributed by atoms with Crippen LogP contribution in [0.3, 0.4) is 0 Å². The second kappa shape index (κ2) is 18.6. The van der Waals surface area contributed by atoms with Gasteiger partial charge in [-0.2, -0.15) is 0 Å². The molecule has 16 heavy (non-hydrogen) atoms. The molecule has 0 fully saturated rings. The zero-order valence-corrected chi connectivity index (χ0v) is 19.1. The van der Waals surface area contributed by atoms with Crippen LogP contribution in [-0.2, 0) is 4.12 Å². The third kappa shape index (κ3) is 17.6. The fraction of sp³-hybridized carbons (Fsp3) is 1.00. The van der Waals surface area contributed by atoms with E-state index in [-0.39, 0.29) is 0 Å². The van der Waals surface area contributed by atoms with Crippen molar-refractivity contribution in [3.05, 3.63) is 0 Å². The van der Waals surface area contributed by atoms with Gasteiger partial charge in [-0.25, -0.2) is 0 Å². The summed E-state index contributed by atoms with van der Waals surface area (Å²) < 4.78 is 9.57. The fourth-order valence-corrected chi connectivity index (χ4v) is 11.1. The van der Waals surface area contributed by atoms with Crippen LogP contribution in [0.1, 0.15) is 59.3 Å². The fourth-order valence-electron chi connectivity index (χ4n) is 1.66. The average molecular weight is 368 g/mol. The van der Waals surface area contributed by atoms with Crippen molar-refractivity contribution in [2.75, 3.05) is 0 Å². The van der Waals surface area contributed by atoms with E-state index in [1.165, 1.54) is 38.5 Å². The van der Waals surface area contributed by atoms with E-state index >= 15 is 0 Å². The summed E-state index contributed by atoms with van der Waals surface area (Å²) in [6, 6.07) is 0. The van der Waals surface area contributed by atoms with Gasteiger partial charge in [0, 0.05) is 0 Å². The van der Waals surface area contributed by atoms with Gasteiger partial charge >= 0.3 is 92.4 Å². The summed E-state index contributed by atoms with van der Waals surface area (Å²) >= 11 is -0.839. The molecule has 0 N–H and O–H groups in total. The molecule has 4 heteroatoms. The molecular formula is C12H33OSi2Sn. The summed E-state index contributed by atoms with van der Waals surface area (Å²) in [5.74, 6) is 0. The number of rotatable bonds is 9. The second-order valence-electron chi connectivity index (χ2n) is 4.47. The van der Waals surface area contributed by atoms with E-state index in [1.54, 1.807) is 13.3 Å². The molecule has 0 aromatic carbocycles. The molecule has 0 saturated heterocycles. The predicted octanol–water partition coefficient (Wildman–Crippen LogP) is 2.45. The van der Waals surface area contributed by atoms with Crippen molar-refractivity contribution in [3.8, 4) is 0 Å². The van der Waals surface area contributed by atoms with Gasteiger partial charge in [-0.3, -0.25) is 0 Å². The van der Waals surface area contributed by atoms with E-state index in [0.29, 0.717) is 0 Å². The van der Waals surface area contributed by atoms with Crippen molar-refractivity contribution in [2.45, 2.75) is 72.6 Å². The standard InChI is InChI=1S/3C4H9.H6OSi2.Sn/c3*1-3-4-2;2-1-3;/h3*1,3-4H2,2H3;2-3H3;. The molecule has 0 unspecified atom stereocenters. The van der Waals surface area contributed by atoms with E-state index in [0.717, 1.165) is 21.0 Å². The first kappa shape index (κ1) is 19.5. The molecule has 0 aliphatic carbocycles. The molecule has 0 saturated carbocycles. The Bertz CT molecular complexity index is 96.2. The minimum Gasteiger partial charge on any atom is -0.471 e. The monoisotopic (exact) mass is 369 g/mol. The summed E-state index contributed by atoms with van der Waals surface area (Å²) in [5.41, 5.74) is 0. The molecule has 0 bridgehead atoms. The van der Waals surface area contributed by atoms with Crippen molar-refractivity contribution in [1.82, 2.24) is 0 Å². The number of hydrogen-bond donors (Lipinski definition) is 0. The summed E-state index contributed by atoms with van der Waals surface area (Å²) in [5, 5.41) is 0. The van der Waals surface area contributed by atoms with Gasteiger partial charge in [0.2, 0.25) is 0 Å². The van der Waals surface area contributed by atoms with E-state index in [2.05, 4.69) is 24.9 Å². The summed E-state index contributed by atoms with van der Waals surface area (Å²) in [7, 11) is 1.86. The molecule has 0 heterocycles. The summed E-state index contributed by atoms with van der Waals surface area (Å²) in [6.07, 6.45) is 8.85. The van der Waals surface area contributed by atoms with Crippen LogP contribution in [0.15, 0.2) is 0 Å². The molecular weight excluding hydrogens is 335 g/mol. The van der Waals surface area contributed by atoms with E-state index < -0.39 is 19.8 Å². The van der Waals surface area contributed by atoms with Crippen LogP contribution in [0.25, 0.3) is 0 Å². The summed E-state index contributed by atoms with van der Waals surface area (Å²) in [6.45, 7) is 7.00. The molecule has 0 amide bonds. The number of unbranched alkanes of at least 4 members (excludes halogenated alkanes) is 3. The normalized spacial score (nSPS) is 10.5. The largest absolute Gasteiger partial charge is 0.471 e. The topological polar surface area (TPSA) is 9.23 Å². The van der Waals surface area contributed by atoms with Crippen molar-refractivity contribution >= 4 is 40.7 Å². The second-order valence-corrected chi connectivity index (χ2v) is 16.3. The predicted molar refractivity (Wildman–Crippen MR) is 85.9 cm³/mol. The molecule has 0 rings (SSSR count). The smallest absolute Gasteiger partial charge is 0.129 e. The van der Waals surface area contributed by atoms with Crippen molar-refractivity contribution in [1.29, 1.82) is 0 Å². The zero-order valence-electron chi connectivity index (χ0n) is 12.3. The van der Waals surface area contributed by atoms with Crippen molar-refractivity contribution in [2.24, 2.45) is 0 Å². The van der Waals surface area contributed by atoms with Gasteiger partial charge in [0.05, 0.1) is 0 Å². The third-order valence-corrected chi connectivity index (χ3v) is 11.7. The molecule has 0 atom stereocenters. The van der Waals surface area contributed by atoms with Crippen LogP contribution in [-0.4, -0.2) is 40.7 Å². The first-order valence-corrected chi connectivity index (χ1v) is 14.7. The van der Waals surface area contributed by atoms with Crippen LogP contribution >= 0.6 is 0 Å². The molecule has 0 aliphatic rings. The van der Waals surface area contributed by atoms with Crippen molar-refractivity contribution in [3.63, 3.8) is 0 Å². The minimum absolute atomic E-state index is 0.839. The first-order chi connectivity index (χ1) is 7.76. The van der Waals surface area contributed by atoms with Crippen LogP contribution < -0.4 is 0 Å². The van der Waals surface area contributed by atoms with Gasteiger partial charge in [0.1, 0.15) is 21.0 Å². The van der Waals surface area contributed by atoms with Crippen molar-refractivity contribution < 1.29 is 4.12 Å². The Morgan fingerprint density at radius 3 is 1.19 bits per heavy atom. The van der Waals surface area contributed by atoms with Gasteiger partial charge in [0.25, 0.3) is 0 Å². The van der Waals surface area contributed by atoms with Gasteiger partial charge < -0.3 is 4.12 Å². The molecule has 0 aliphatic heterocycles. The quantitative estimate of drug-likeness (QED) is 0.568. The van der Waals surface area contributed by atoms with Crippen LogP contribution in [0.4, 0.5) is 0 Å². The van der Waals surface area contributed by atoms with E-state index in [9.17, 15) is 0 Å². The Kier molecular flexibility index (Phi) is 22.6. The van der Waals surface area contributed by atoms with Crippen LogP contribution in [0.2, 0.25) is 13.3 Å². The van der Waals surface area contributed by atoms with Crippen LogP contribution in [0.5, 0.6) is 0 Å². The Labute approximate surface area is 117 Å². The Balaban J connectivity index is 0. The Morgan fingerprint density at radius 1 is 0.750 bits per heavy atom. The number of hydrogen-bond acceptors (Lipinski definition) is 1. The first-order valence-electron chi connectivity index (χ1n) is 7.00. The van der Waals surface area contributed by atoms with Gasteiger partial charge in [-0.05, 0) is 0 Å². The van der Waals surface area contributed by atoms with Gasteiger partial charge in [-0.15, -0.1) is 0 Å². The SMILES string of the molecule is CCC[CH2][Sn]([CH2]CCC)[CH2]CCC.[SiH3]O[SiH3]. The maximum atomic E-state index is 4.53. The molecule has 99 valence electrons. The Morgan fingerprint density at radius 2 is 1.00 bits per heavy atom. The van der Waals surface area contributed by atoms with E-state index in [1.807, 2.05) is 0 Å². The average Bonchev–Trinajstić information content (AvgIpc) is 2.29. The molecule has 1 nitrogen and oxygen atoms in total. The third-order valence-electron chi connectivity index (χ3n) is 2.65. The molecule has 1 radical (unpaired) electrons.